The molecule has 3 aromatic rings. The fraction of sp³-hybridized carbons (Fsp3) is 0.500. The number of aromatic nitrogens is 4. The largest absolute Gasteiger partial charge is 0.369 e. The van der Waals surface area contributed by atoms with E-state index in [1.807, 2.05) is 30.0 Å². The number of benzene rings is 1. The molecule has 0 spiro atoms. The molecule has 1 saturated heterocycles. The predicted molar refractivity (Wildman–Crippen MR) is 134 cm³/mol. The smallest absolute Gasteiger partial charge is 0.271 e. The Kier molecular flexibility index (Phi) is 6.92. The maximum atomic E-state index is 13.2. The van der Waals surface area contributed by atoms with E-state index >= 15 is 0 Å². The molecule has 2 aromatic heterocycles. The standard InChI is InChI=1S/C26H33N7O2/c1-17-9-10-20-19(14-17)25(29-16-28-20)27-12-11-24(34)33-13-5-4-8-23(33)21-15-22(32-31-21)26(35)30-18-6-2-3-7-18/h9-10,14-16,18,23H,2-8,11-13H2,1H3,(H,30,35)(H,31,32)(H,27,28,29)/t23-/m1/s1. The van der Waals surface area contributed by atoms with Gasteiger partial charge in [-0.15, -0.1) is 0 Å². The third-order valence-electron chi connectivity index (χ3n) is 7.12. The van der Waals surface area contributed by atoms with Crippen LogP contribution in [0.15, 0.2) is 30.6 Å². The monoisotopic (exact) mass is 475 g/mol. The van der Waals surface area contributed by atoms with Gasteiger partial charge in [-0.25, -0.2) is 9.97 Å². The van der Waals surface area contributed by atoms with E-state index in [1.54, 1.807) is 6.33 Å². The van der Waals surface area contributed by atoms with Gasteiger partial charge in [0.25, 0.3) is 5.91 Å². The van der Waals surface area contributed by atoms with Gasteiger partial charge in [0.05, 0.1) is 17.3 Å². The predicted octanol–water partition coefficient (Wildman–Crippen LogP) is 3.89. The lowest BCUT2D eigenvalue weighted by molar-refractivity contribution is -0.134. The third kappa shape index (κ3) is 5.28. The van der Waals surface area contributed by atoms with Crippen LogP contribution in [-0.2, 0) is 4.79 Å². The molecule has 1 atom stereocenters. The zero-order valence-corrected chi connectivity index (χ0v) is 20.2. The van der Waals surface area contributed by atoms with Crippen LogP contribution >= 0.6 is 0 Å². The van der Waals surface area contributed by atoms with Crippen LogP contribution in [0, 0.1) is 6.92 Å². The molecule has 2 fully saturated rings. The minimum Gasteiger partial charge on any atom is -0.369 e. The number of anilines is 1. The van der Waals surface area contributed by atoms with Crippen molar-refractivity contribution >= 4 is 28.5 Å². The molecular formula is C26H33N7O2. The van der Waals surface area contributed by atoms with E-state index < -0.39 is 0 Å². The van der Waals surface area contributed by atoms with E-state index in [9.17, 15) is 9.59 Å². The second-order valence-electron chi connectivity index (χ2n) is 9.68. The molecule has 1 aromatic carbocycles. The average molecular weight is 476 g/mol. The highest BCUT2D eigenvalue weighted by Gasteiger charge is 2.30. The van der Waals surface area contributed by atoms with E-state index in [4.69, 9.17) is 0 Å². The van der Waals surface area contributed by atoms with Crippen LogP contribution < -0.4 is 10.6 Å². The van der Waals surface area contributed by atoms with E-state index in [2.05, 4.69) is 36.9 Å². The van der Waals surface area contributed by atoms with Crippen molar-refractivity contribution in [2.45, 2.75) is 70.4 Å². The number of aryl methyl sites for hydroxylation is 1. The minimum absolute atomic E-state index is 0.0840. The summed E-state index contributed by atoms with van der Waals surface area (Å²) in [5.74, 6) is 0.695. The average Bonchev–Trinajstić information content (AvgIpc) is 3.57. The van der Waals surface area contributed by atoms with Crippen molar-refractivity contribution in [1.82, 2.24) is 30.4 Å². The summed E-state index contributed by atoms with van der Waals surface area (Å²) in [5, 5.41) is 14.7. The molecule has 2 aliphatic rings. The van der Waals surface area contributed by atoms with Crippen molar-refractivity contribution < 1.29 is 9.59 Å². The molecule has 9 heteroatoms. The van der Waals surface area contributed by atoms with Crippen molar-refractivity contribution in [1.29, 1.82) is 0 Å². The molecule has 9 nitrogen and oxygen atoms in total. The zero-order valence-electron chi connectivity index (χ0n) is 20.2. The highest BCUT2D eigenvalue weighted by atomic mass is 16.2. The van der Waals surface area contributed by atoms with Gasteiger partial charge >= 0.3 is 0 Å². The molecular weight excluding hydrogens is 442 g/mol. The van der Waals surface area contributed by atoms with Crippen molar-refractivity contribution in [2.24, 2.45) is 0 Å². The molecule has 2 amide bonds. The van der Waals surface area contributed by atoms with Crippen LogP contribution in [0.2, 0.25) is 0 Å². The molecule has 0 bridgehead atoms. The fourth-order valence-corrected chi connectivity index (χ4v) is 5.25. The molecule has 5 rings (SSSR count). The molecule has 1 saturated carbocycles. The third-order valence-corrected chi connectivity index (χ3v) is 7.12. The summed E-state index contributed by atoms with van der Waals surface area (Å²) in [6, 6.07) is 8.04. The summed E-state index contributed by atoms with van der Waals surface area (Å²) in [6.45, 7) is 3.23. The van der Waals surface area contributed by atoms with Gasteiger partial charge in [0.15, 0.2) is 0 Å². The lowest BCUT2D eigenvalue weighted by atomic mass is 9.98. The van der Waals surface area contributed by atoms with Gasteiger partial charge in [-0.05, 0) is 57.2 Å². The molecule has 0 unspecified atom stereocenters. The van der Waals surface area contributed by atoms with Crippen LogP contribution in [0.5, 0.6) is 0 Å². The fourth-order valence-electron chi connectivity index (χ4n) is 5.25. The van der Waals surface area contributed by atoms with Gasteiger partial charge in [-0.1, -0.05) is 24.5 Å². The summed E-state index contributed by atoms with van der Waals surface area (Å²) in [6.07, 6.45) is 9.18. The molecule has 1 aliphatic heterocycles. The van der Waals surface area contributed by atoms with Crippen LogP contribution in [0.25, 0.3) is 10.9 Å². The van der Waals surface area contributed by atoms with Crippen LogP contribution in [0.3, 0.4) is 0 Å². The van der Waals surface area contributed by atoms with E-state index in [0.717, 1.165) is 72.9 Å². The summed E-state index contributed by atoms with van der Waals surface area (Å²) >= 11 is 0. The number of likely N-dealkylation sites (tertiary alicyclic amines) is 1. The summed E-state index contributed by atoms with van der Waals surface area (Å²) in [5.41, 5.74) is 3.25. The van der Waals surface area contributed by atoms with Crippen molar-refractivity contribution in [3.05, 3.63) is 47.5 Å². The number of piperidine rings is 1. The molecule has 0 radical (unpaired) electrons. The Balaban J connectivity index is 1.21. The Morgan fingerprint density at radius 3 is 2.77 bits per heavy atom. The number of hydrogen-bond acceptors (Lipinski definition) is 6. The number of carbonyl (C=O) groups excluding carboxylic acids is 2. The van der Waals surface area contributed by atoms with E-state index in [0.29, 0.717) is 25.2 Å². The number of aromatic amines is 1. The van der Waals surface area contributed by atoms with E-state index in [-0.39, 0.29) is 23.9 Å². The topological polar surface area (TPSA) is 116 Å². The lowest BCUT2D eigenvalue weighted by Gasteiger charge is -2.35. The molecule has 3 N–H and O–H groups in total. The second-order valence-corrected chi connectivity index (χ2v) is 9.68. The van der Waals surface area contributed by atoms with Crippen molar-refractivity contribution in [2.75, 3.05) is 18.4 Å². The number of amides is 2. The highest BCUT2D eigenvalue weighted by Crippen LogP contribution is 2.31. The molecule has 35 heavy (non-hydrogen) atoms. The Morgan fingerprint density at radius 1 is 1.09 bits per heavy atom. The first-order valence-corrected chi connectivity index (χ1v) is 12.7. The number of hydrogen-bond donors (Lipinski definition) is 3. The first kappa shape index (κ1) is 23.3. The van der Waals surface area contributed by atoms with Crippen molar-refractivity contribution in [3.8, 4) is 0 Å². The maximum absolute atomic E-state index is 13.2. The Hall–Kier alpha value is -3.49. The number of rotatable bonds is 7. The first-order valence-electron chi connectivity index (χ1n) is 12.7. The number of fused-ring (bicyclic) bond motifs is 1. The normalized spacial score (nSPS) is 18.7. The molecule has 184 valence electrons. The SMILES string of the molecule is Cc1ccc2ncnc(NCCC(=O)N3CCCC[C@@H]3c3cc(C(=O)NC4CCCC4)n[nH]3)c2c1. The number of H-pyrrole nitrogens is 1. The Morgan fingerprint density at radius 2 is 1.91 bits per heavy atom. The minimum atomic E-state index is -0.135. The molecule has 3 heterocycles. The summed E-state index contributed by atoms with van der Waals surface area (Å²) in [7, 11) is 0. The number of nitrogens with zero attached hydrogens (tertiary/aromatic N) is 4. The zero-order chi connectivity index (χ0) is 24.2. The second kappa shape index (κ2) is 10.4. The van der Waals surface area contributed by atoms with Gasteiger partial charge in [0, 0.05) is 30.9 Å². The Labute approximate surface area is 205 Å². The maximum Gasteiger partial charge on any atom is 0.271 e. The lowest BCUT2D eigenvalue weighted by Crippen LogP contribution is -2.39. The van der Waals surface area contributed by atoms with Gasteiger partial charge < -0.3 is 15.5 Å². The number of carbonyl (C=O) groups is 2. The van der Waals surface area contributed by atoms with Gasteiger partial charge in [0.1, 0.15) is 17.8 Å². The van der Waals surface area contributed by atoms with Gasteiger partial charge in [-0.2, -0.15) is 5.10 Å². The Bertz CT molecular complexity index is 1200. The first-order chi connectivity index (χ1) is 17.1. The van der Waals surface area contributed by atoms with Crippen molar-refractivity contribution in [3.63, 3.8) is 0 Å². The van der Waals surface area contributed by atoms with Gasteiger partial charge in [0.2, 0.25) is 5.91 Å². The van der Waals surface area contributed by atoms with Crippen LogP contribution in [0.1, 0.15) is 79.2 Å². The highest BCUT2D eigenvalue weighted by molar-refractivity contribution is 5.92. The quantitative estimate of drug-likeness (QED) is 0.477. The van der Waals surface area contributed by atoms with Crippen LogP contribution in [0.4, 0.5) is 5.82 Å². The van der Waals surface area contributed by atoms with E-state index in [1.165, 1.54) is 0 Å². The van der Waals surface area contributed by atoms with Gasteiger partial charge in [-0.3, -0.25) is 14.7 Å². The summed E-state index contributed by atoms with van der Waals surface area (Å²) in [4.78, 5) is 36.4. The number of nitrogens with one attached hydrogen (secondary N) is 3. The van der Waals surface area contributed by atoms with Crippen LogP contribution in [-0.4, -0.2) is 56.0 Å². The molecule has 1 aliphatic carbocycles. The summed E-state index contributed by atoms with van der Waals surface area (Å²) < 4.78 is 0.